The Bertz CT molecular complexity index is 869. The Balaban J connectivity index is 2.13. The summed E-state index contributed by atoms with van der Waals surface area (Å²) in [6.45, 7) is 0. The Morgan fingerprint density at radius 1 is 1.08 bits per heavy atom. The molecule has 2 aromatic carbocycles. The molecule has 2 amide bonds. The van der Waals surface area contributed by atoms with Gasteiger partial charge in [0.1, 0.15) is 5.75 Å². The first-order valence-electron chi connectivity index (χ1n) is 6.59. The van der Waals surface area contributed by atoms with Gasteiger partial charge in [-0.15, -0.1) is 0 Å². The molecular weight excluding hydrogens is 400 g/mol. The lowest BCUT2D eigenvalue weighted by Gasteiger charge is -2.09. The van der Waals surface area contributed by atoms with E-state index in [0.29, 0.717) is 10.2 Å². The van der Waals surface area contributed by atoms with E-state index in [2.05, 4.69) is 21.2 Å². The maximum atomic E-state index is 12.0. The Morgan fingerprint density at radius 2 is 1.75 bits per heavy atom. The van der Waals surface area contributed by atoms with Crippen molar-refractivity contribution < 1.29 is 22.7 Å². The van der Waals surface area contributed by atoms with Gasteiger partial charge in [0.05, 0.1) is 7.11 Å². The summed E-state index contributed by atoms with van der Waals surface area (Å²) in [5.74, 6) is -0.469. The summed E-state index contributed by atoms with van der Waals surface area (Å²) >= 11 is 3.21. The molecule has 0 aromatic heterocycles. The zero-order valence-corrected chi connectivity index (χ0v) is 14.8. The van der Waals surface area contributed by atoms with Crippen molar-refractivity contribution in [1.82, 2.24) is 4.72 Å². The van der Waals surface area contributed by atoms with E-state index in [1.165, 1.54) is 31.4 Å². The second kappa shape index (κ2) is 7.45. The average Bonchev–Trinajstić information content (AvgIpc) is 2.54. The highest BCUT2D eigenvalue weighted by Gasteiger charge is 2.25. The number of rotatable bonds is 3. The summed E-state index contributed by atoms with van der Waals surface area (Å²) in [6.07, 6.45) is 0. The molecule has 7 nitrogen and oxygen atoms in total. The maximum absolute atomic E-state index is 12.0. The monoisotopic (exact) mass is 412 g/mol. The number of carbonyl (C=O) groups is 2. The third-order valence-electron chi connectivity index (χ3n) is 2.86. The third-order valence-corrected chi connectivity index (χ3v) is 4.36. The molecule has 0 aliphatic heterocycles. The van der Waals surface area contributed by atoms with E-state index in [1.807, 2.05) is 0 Å². The van der Waals surface area contributed by atoms with Gasteiger partial charge in [0.25, 0.3) is 5.91 Å². The molecule has 0 saturated carbocycles. The fraction of sp³-hybridized carbons (Fsp3) is 0.0667. The smallest absolute Gasteiger partial charge is 0.361 e. The van der Waals surface area contributed by atoms with Crippen molar-refractivity contribution >= 4 is 42.8 Å². The molecule has 2 aromatic rings. The van der Waals surface area contributed by atoms with Crippen LogP contribution in [0.4, 0.5) is 10.5 Å². The number of methoxy groups -OCH3 is 1. The number of anilines is 1. The molecule has 0 atom stereocenters. The lowest BCUT2D eigenvalue weighted by atomic mass is 10.2. The molecule has 0 aliphatic carbocycles. The summed E-state index contributed by atoms with van der Waals surface area (Å²) in [5, 5.41) is 0.848. The van der Waals surface area contributed by atoms with Crippen LogP contribution in [-0.2, 0) is 10.0 Å². The van der Waals surface area contributed by atoms with Crippen LogP contribution in [0.3, 0.4) is 0 Å². The first-order valence-corrected chi connectivity index (χ1v) is 8.87. The van der Waals surface area contributed by atoms with Crippen LogP contribution in [0.25, 0.3) is 0 Å². The largest absolute Gasteiger partial charge is 0.497 e. The molecule has 0 radical (unpaired) electrons. The van der Waals surface area contributed by atoms with Gasteiger partial charge in [-0.05, 0) is 24.3 Å². The standard InChI is InChI=1S/C15H13BrN2O5S/c1-23-13-8-11(16)7-12(9-13)17-15(20)24(21,22)18-14(19)10-5-3-2-4-6-10/h2-9H,1H3,(H,17,20)(H,18,19). The van der Waals surface area contributed by atoms with Crippen LogP contribution in [-0.4, -0.2) is 26.7 Å². The predicted octanol–water partition coefficient (Wildman–Crippen LogP) is 2.75. The molecule has 0 aliphatic rings. The predicted molar refractivity (Wildman–Crippen MR) is 92.5 cm³/mol. The van der Waals surface area contributed by atoms with Gasteiger partial charge in [-0.1, -0.05) is 34.1 Å². The maximum Gasteiger partial charge on any atom is 0.361 e. The normalized spacial score (nSPS) is 10.8. The van der Waals surface area contributed by atoms with E-state index in [9.17, 15) is 18.0 Å². The number of ether oxygens (including phenoxy) is 1. The minimum absolute atomic E-state index is 0.123. The van der Waals surface area contributed by atoms with Crippen molar-refractivity contribution in [3.8, 4) is 5.75 Å². The van der Waals surface area contributed by atoms with Gasteiger partial charge < -0.3 is 10.1 Å². The molecule has 24 heavy (non-hydrogen) atoms. The van der Waals surface area contributed by atoms with Crippen molar-refractivity contribution in [2.45, 2.75) is 0 Å². The van der Waals surface area contributed by atoms with Crippen LogP contribution in [0.5, 0.6) is 5.75 Å². The van der Waals surface area contributed by atoms with Crippen LogP contribution in [0.1, 0.15) is 10.4 Å². The minimum atomic E-state index is -4.54. The fourth-order valence-electron chi connectivity index (χ4n) is 1.75. The van der Waals surface area contributed by atoms with E-state index < -0.39 is 21.2 Å². The number of nitrogens with one attached hydrogen (secondary N) is 2. The zero-order valence-electron chi connectivity index (χ0n) is 12.4. The fourth-order valence-corrected chi connectivity index (χ4v) is 2.93. The first kappa shape index (κ1) is 18.0. The molecule has 0 saturated heterocycles. The molecular formula is C15H13BrN2O5S. The number of carbonyl (C=O) groups excluding carboxylic acids is 2. The van der Waals surface area contributed by atoms with Crippen molar-refractivity contribution in [2.24, 2.45) is 0 Å². The average molecular weight is 413 g/mol. The lowest BCUT2D eigenvalue weighted by Crippen LogP contribution is -2.38. The molecule has 2 N–H and O–H groups in total. The van der Waals surface area contributed by atoms with Gasteiger partial charge in [-0.3, -0.25) is 9.59 Å². The SMILES string of the molecule is COc1cc(Br)cc(NC(=O)S(=O)(=O)NC(=O)c2ccccc2)c1. The summed E-state index contributed by atoms with van der Waals surface area (Å²) in [6, 6.07) is 12.3. The molecule has 2 rings (SSSR count). The van der Waals surface area contributed by atoms with Crippen molar-refractivity contribution in [1.29, 1.82) is 0 Å². The van der Waals surface area contributed by atoms with Crippen molar-refractivity contribution in [2.75, 3.05) is 12.4 Å². The Kier molecular flexibility index (Phi) is 5.58. The molecule has 0 heterocycles. The number of amides is 2. The molecule has 0 bridgehead atoms. The highest BCUT2D eigenvalue weighted by atomic mass is 79.9. The lowest BCUT2D eigenvalue weighted by molar-refractivity contribution is 0.0981. The van der Waals surface area contributed by atoms with Gasteiger partial charge in [0.2, 0.25) is 0 Å². The summed E-state index contributed by atoms with van der Waals surface area (Å²) in [7, 11) is -3.11. The minimum Gasteiger partial charge on any atom is -0.497 e. The van der Waals surface area contributed by atoms with Crippen LogP contribution < -0.4 is 14.8 Å². The van der Waals surface area contributed by atoms with Crippen LogP contribution >= 0.6 is 15.9 Å². The van der Waals surface area contributed by atoms with Gasteiger partial charge in [0, 0.05) is 21.8 Å². The van der Waals surface area contributed by atoms with Crippen molar-refractivity contribution in [3.63, 3.8) is 0 Å². The zero-order chi connectivity index (χ0) is 17.7. The van der Waals surface area contributed by atoms with Gasteiger partial charge in [-0.25, -0.2) is 4.72 Å². The van der Waals surface area contributed by atoms with Gasteiger partial charge in [-0.2, -0.15) is 8.42 Å². The Hall–Kier alpha value is -2.39. The van der Waals surface area contributed by atoms with Crippen LogP contribution in [0.2, 0.25) is 0 Å². The second-order valence-corrected chi connectivity index (χ2v) is 7.09. The van der Waals surface area contributed by atoms with Crippen LogP contribution in [0, 0.1) is 0 Å². The summed E-state index contributed by atoms with van der Waals surface area (Å²) in [5.41, 5.74) is 0.321. The molecule has 0 spiro atoms. The number of hydrogen-bond donors (Lipinski definition) is 2. The third kappa shape index (κ3) is 4.56. The summed E-state index contributed by atoms with van der Waals surface area (Å²) < 4.78 is 31.3. The molecule has 0 unspecified atom stereocenters. The van der Waals surface area contributed by atoms with E-state index in [4.69, 9.17) is 4.74 Å². The van der Waals surface area contributed by atoms with Gasteiger partial charge in [0.15, 0.2) is 0 Å². The number of sulfonamides is 1. The highest BCUT2D eigenvalue weighted by Crippen LogP contribution is 2.24. The summed E-state index contributed by atoms with van der Waals surface area (Å²) in [4.78, 5) is 23.8. The topological polar surface area (TPSA) is 102 Å². The van der Waals surface area contributed by atoms with Crippen molar-refractivity contribution in [3.05, 3.63) is 58.6 Å². The van der Waals surface area contributed by atoms with E-state index in [1.54, 1.807) is 29.0 Å². The quantitative estimate of drug-likeness (QED) is 0.806. The highest BCUT2D eigenvalue weighted by molar-refractivity contribution is 9.10. The molecule has 126 valence electrons. The Morgan fingerprint density at radius 3 is 2.38 bits per heavy atom. The Labute approximate surface area is 147 Å². The first-order chi connectivity index (χ1) is 11.3. The number of hydrogen-bond acceptors (Lipinski definition) is 5. The van der Waals surface area contributed by atoms with E-state index in [-0.39, 0.29) is 11.3 Å². The van der Waals surface area contributed by atoms with Gasteiger partial charge >= 0.3 is 15.3 Å². The number of benzene rings is 2. The molecule has 9 heteroatoms. The second-order valence-electron chi connectivity index (χ2n) is 4.59. The van der Waals surface area contributed by atoms with E-state index >= 15 is 0 Å². The number of halogens is 1. The van der Waals surface area contributed by atoms with E-state index in [0.717, 1.165) is 0 Å². The molecule has 0 fully saturated rings. The van der Waals surface area contributed by atoms with Crippen LogP contribution in [0.15, 0.2) is 53.0 Å².